The fourth-order valence-corrected chi connectivity index (χ4v) is 14.0. The number of fused-ring (bicyclic) bond motifs is 12. The molecule has 4 aromatic heterocycles. The second-order valence-electron chi connectivity index (χ2n) is 24.8. The molecule has 0 radical (unpaired) electrons. The normalized spacial score (nSPS) is 13.4. The van der Waals surface area contributed by atoms with Crippen molar-refractivity contribution in [1.82, 2.24) is 19.1 Å². The number of hydrogen-bond donors (Lipinski definition) is 1. The molecule has 0 saturated carbocycles. The highest BCUT2D eigenvalue weighted by Crippen LogP contribution is 2.41. The Hall–Kier alpha value is -9.87. The lowest BCUT2D eigenvalue weighted by molar-refractivity contribution is 0.00578. The van der Waals surface area contributed by atoms with Gasteiger partial charge >= 0.3 is 7.12 Å². The second-order valence-corrected chi connectivity index (χ2v) is 26.6. The van der Waals surface area contributed by atoms with E-state index in [1.165, 1.54) is 120 Å². The van der Waals surface area contributed by atoms with Crippen molar-refractivity contribution in [2.24, 2.45) is 0 Å². The Morgan fingerprint density at radius 3 is 1.52 bits per heavy atom. The molecule has 5 heterocycles. The number of benzene rings is 12. The summed E-state index contributed by atoms with van der Waals surface area (Å²) in [6.07, 6.45) is 1.07. The Labute approximate surface area is 569 Å². The molecule has 9 heteroatoms. The smallest absolute Gasteiger partial charge is 0.399 e. The van der Waals surface area contributed by atoms with Gasteiger partial charge in [-0.15, -0.1) is 0 Å². The van der Waals surface area contributed by atoms with Crippen LogP contribution in [0.15, 0.2) is 312 Å². The predicted molar refractivity (Wildman–Crippen MR) is 408 cm³/mol. The Morgan fingerprint density at radius 2 is 0.872 bits per heavy atom. The van der Waals surface area contributed by atoms with Gasteiger partial charge in [0.25, 0.3) is 0 Å². The minimum absolute atomic E-state index is 0. The van der Waals surface area contributed by atoms with Gasteiger partial charge < -0.3 is 23.4 Å². The number of H-pyrrole nitrogens is 1. The van der Waals surface area contributed by atoms with Crippen LogP contribution in [0.25, 0.3) is 121 Å². The van der Waals surface area contributed by atoms with Crippen molar-refractivity contribution in [3.8, 4) is 56.0 Å². The highest BCUT2D eigenvalue weighted by molar-refractivity contribution is 9.10. The van der Waals surface area contributed by atoms with Gasteiger partial charge in [-0.3, -0.25) is 0 Å². The number of aromatic amines is 1. The van der Waals surface area contributed by atoms with Crippen molar-refractivity contribution < 1.29 is 12.2 Å². The van der Waals surface area contributed by atoms with E-state index in [0.29, 0.717) is 0 Å². The van der Waals surface area contributed by atoms with Crippen LogP contribution in [-0.4, -0.2) is 37.4 Å². The highest BCUT2D eigenvalue weighted by atomic mass is 79.9. The van der Waals surface area contributed by atoms with Crippen LogP contribution in [0.2, 0.25) is 0 Å². The number of aromatic nitrogens is 4. The summed E-state index contributed by atoms with van der Waals surface area (Å²) in [4.78, 5) is 8.12. The molecule has 462 valence electrons. The lowest BCUT2D eigenvalue weighted by atomic mass is 9.78. The average molecular weight is 1360 g/mol. The van der Waals surface area contributed by atoms with E-state index < -0.39 is 0 Å². The van der Waals surface area contributed by atoms with E-state index in [0.717, 1.165) is 33.4 Å². The minimum Gasteiger partial charge on any atom is -0.399 e. The summed E-state index contributed by atoms with van der Waals surface area (Å²) in [5, 5.41) is 7.55. The van der Waals surface area contributed by atoms with E-state index in [4.69, 9.17) is 9.31 Å². The molecule has 16 aromatic rings. The molecule has 0 spiro atoms. The maximum absolute atomic E-state index is 6.27. The number of halogens is 2. The summed E-state index contributed by atoms with van der Waals surface area (Å²) in [5.74, 6) is 0. The van der Waals surface area contributed by atoms with Gasteiger partial charge in [0.1, 0.15) is 4.60 Å². The lowest BCUT2D eigenvalue weighted by Gasteiger charge is -2.32. The molecule has 1 fully saturated rings. The highest BCUT2D eigenvalue weighted by Gasteiger charge is 2.51. The third-order valence-electron chi connectivity index (χ3n) is 18.5. The molecule has 1 saturated heterocycles. The molecule has 0 unspecified atom stereocenters. The summed E-state index contributed by atoms with van der Waals surface area (Å²) in [7, 11) is -0.353. The number of rotatable bonds is 6. The molecule has 12 aromatic carbocycles. The predicted octanol–water partition coefficient (Wildman–Crippen LogP) is 23.5. The van der Waals surface area contributed by atoms with E-state index in [1.54, 1.807) is 0 Å². The first kappa shape index (κ1) is 61.6. The van der Waals surface area contributed by atoms with Gasteiger partial charge in [0.2, 0.25) is 0 Å². The Kier molecular flexibility index (Phi) is 17.0. The molecule has 0 atom stereocenters. The molecule has 18 rings (SSSR count). The van der Waals surface area contributed by atoms with Crippen LogP contribution in [0.1, 0.15) is 49.1 Å². The van der Waals surface area contributed by atoms with Gasteiger partial charge in [-0.1, -0.05) is 236 Å². The molecule has 1 aliphatic carbocycles. The van der Waals surface area contributed by atoms with Crippen LogP contribution in [-0.2, 0) is 15.7 Å². The van der Waals surface area contributed by atoms with Crippen LogP contribution in [0.5, 0.6) is 0 Å². The minimum atomic E-state index is -0.353. The SMILES string of the molecule is Brc1cc(-c2ccccc2)cc(-c2ccccc2)n1.Brc1ccc2c(c1)Cc1ccccc1-2.C.CC1(C)OB(c2ccc3c(c2)c2ccccc2n3-c2ccccc2)OC1(C)C.[2HH].[2HH].c1ccc(-n2c3ccccc3c3cc(-c4ccc5c(c4)[nH]c4ccccc45)ccc32)cc1. The maximum atomic E-state index is 6.27. The molecule has 94 heavy (non-hydrogen) atoms. The quantitative estimate of drug-likeness (QED) is 0.133. The van der Waals surface area contributed by atoms with E-state index >= 15 is 0 Å². The van der Waals surface area contributed by atoms with Crippen LogP contribution in [0.4, 0.5) is 0 Å². The van der Waals surface area contributed by atoms with Crippen LogP contribution < -0.4 is 5.46 Å². The van der Waals surface area contributed by atoms with Crippen molar-refractivity contribution >= 4 is 110 Å². The van der Waals surface area contributed by atoms with Gasteiger partial charge in [0.15, 0.2) is 0 Å². The fourth-order valence-electron chi connectivity index (χ4n) is 13.2. The monoisotopic (exact) mass is 1350 g/mol. The van der Waals surface area contributed by atoms with E-state index in [-0.39, 0.29) is 28.6 Å². The first-order valence-electron chi connectivity index (χ1n) is 31.6. The Balaban J connectivity index is 0.000000126. The van der Waals surface area contributed by atoms with Crippen molar-refractivity contribution in [2.75, 3.05) is 0 Å². The van der Waals surface area contributed by atoms with Gasteiger partial charge in [-0.25, -0.2) is 4.98 Å². The fraction of sp³-hybridized carbons (Fsp3) is 0.0941. The number of nitrogens with one attached hydrogen (secondary N) is 1. The largest absolute Gasteiger partial charge is 0.494 e. The average Bonchev–Trinajstić information content (AvgIpc) is 1.60. The Bertz CT molecular complexity index is 5350. The van der Waals surface area contributed by atoms with E-state index in [2.05, 4.69) is 333 Å². The first-order chi connectivity index (χ1) is 45.4. The zero-order chi connectivity index (χ0) is 63.2. The molecule has 2 aliphatic rings. The van der Waals surface area contributed by atoms with Gasteiger partial charge in [-0.2, -0.15) is 0 Å². The molecule has 6 nitrogen and oxygen atoms in total. The lowest BCUT2D eigenvalue weighted by Crippen LogP contribution is -2.41. The van der Waals surface area contributed by atoms with Crippen molar-refractivity contribution in [3.05, 3.63) is 324 Å². The van der Waals surface area contributed by atoms with Crippen LogP contribution in [0, 0.1) is 0 Å². The zero-order valence-electron chi connectivity index (χ0n) is 52.1. The van der Waals surface area contributed by atoms with Crippen LogP contribution >= 0.6 is 31.9 Å². The van der Waals surface area contributed by atoms with Crippen molar-refractivity contribution in [2.45, 2.75) is 52.7 Å². The number of para-hydroxylation sites is 5. The zero-order valence-corrected chi connectivity index (χ0v) is 55.2. The van der Waals surface area contributed by atoms with Gasteiger partial charge in [0, 0.05) is 67.6 Å². The molecular formula is C85H73BBr2N4O2. The second kappa shape index (κ2) is 25.9. The summed E-state index contributed by atoms with van der Waals surface area (Å²) < 4.78 is 19.2. The first-order valence-corrected chi connectivity index (χ1v) is 33.2. The van der Waals surface area contributed by atoms with E-state index in [9.17, 15) is 0 Å². The molecule has 1 aliphatic heterocycles. The number of hydrogen-bond acceptors (Lipinski definition) is 3. The van der Waals surface area contributed by atoms with Gasteiger partial charge in [-0.05, 0) is 191 Å². The summed E-state index contributed by atoms with van der Waals surface area (Å²) in [6.45, 7) is 8.36. The van der Waals surface area contributed by atoms with Crippen molar-refractivity contribution in [3.63, 3.8) is 0 Å². The summed E-state index contributed by atoms with van der Waals surface area (Å²) in [5.41, 5.74) is 22.5. The summed E-state index contributed by atoms with van der Waals surface area (Å²) >= 11 is 7.01. The van der Waals surface area contributed by atoms with Crippen LogP contribution in [0.3, 0.4) is 0 Å². The van der Waals surface area contributed by atoms with Gasteiger partial charge in [0.05, 0.1) is 39.0 Å². The topological polar surface area (TPSA) is 57.0 Å². The number of nitrogens with zero attached hydrogens (tertiary/aromatic N) is 3. The Morgan fingerprint density at radius 1 is 0.383 bits per heavy atom. The summed E-state index contributed by atoms with van der Waals surface area (Å²) in [6, 6.07) is 107. The van der Waals surface area contributed by atoms with E-state index in [1.807, 2.05) is 48.5 Å². The third-order valence-corrected chi connectivity index (χ3v) is 19.4. The van der Waals surface area contributed by atoms with Crippen molar-refractivity contribution in [1.29, 1.82) is 0 Å². The molecule has 1 N–H and O–H groups in total. The third kappa shape index (κ3) is 11.9. The molecule has 0 amide bonds. The standard InChI is InChI=1S/C30H20N2.C24H24BNO2.C17H12BrN.C13H9Br.CH4.2H2/c1-2-8-22(9-3-1)32-29-13-7-5-11-25(29)26-18-20(15-17-30(26)32)21-14-16-24-23-10-4-6-12-27(23)31-28(24)19-21;1-23(2)24(3,4)28-25(27-23)17-14-15-22-20(16-17)19-12-8-9-13-21(19)26(22)18-10-6-5-7-11-18;18-17-12-15(13-7-3-1-4-8-13)11-16(19-17)14-9-5-2-6-10-14;14-11-5-6-13-10(8-11)7-9-3-1-2-4-12(9)13;;;/h1-19,31H;5-16H,1-4H3;1-12H;1-6,8H,7H2;1H4;2*1H/i;;;;;2*1+1. The molecular weight excluding hydrogens is 1280 g/mol. The molecule has 0 bridgehead atoms. The number of pyridine rings is 1. The maximum Gasteiger partial charge on any atom is 0.494 e.